The molecule has 17 heavy (non-hydrogen) atoms. The Balaban J connectivity index is 2.45. The second kappa shape index (κ2) is 4.12. The van der Waals surface area contributed by atoms with E-state index in [4.69, 9.17) is 0 Å². The molecule has 0 spiro atoms. The van der Waals surface area contributed by atoms with E-state index in [0.717, 1.165) is 28.7 Å². The predicted octanol–water partition coefficient (Wildman–Crippen LogP) is 1.00. The summed E-state index contributed by atoms with van der Waals surface area (Å²) in [5.41, 5.74) is 3.66. The Labute approximate surface area is 101 Å². The average molecular weight is 253 g/mol. The maximum atomic E-state index is 11.1. The Hall–Kier alpha value is -1.40. The van der Waals surface area contributed by atoms with E-state index in [1.807, 2.05) is 36.7 Å². The molecule has 2 rings (SSSR count). The highest BCUT2D eigenvalue weighted by molar-refractivity contribution is 7.88. The molecular formula is C11H15N3O2S. The van der Waals surface area contributed by atoms with Crippen LogP contribution in [-0.2, 0) is 16.6 Å². The molecule has 2 aromatic heterocycles. The van der Waals surface area contributed by atoms with Crippen LogP contribution in [0.1, 0.15) is 17.0 Å². The van der Waals surface area contributed by atoms with Crippen LogP contribution in [0.4, 0.5) is 0 Å². The minimum absolute atomic E-state index is 0.216. The van der Waals surface area contributed by atoms with Crippen LogP contribution in [0.3, 0.4) is 0 Å². The predicted molar refractivity (Wildman–Crippen MR) is 66.3 cm³/mol. The third-order valence-electron chi connectivity index (χ3n) is 2.42. The number of fused-ring (bicyclic) bond motifs is 1. The molecule has 5 nitrogen and oxygen atoms in total. The Morgan fingerprint density at radius 3 is 2.71 bits per heavy atom. The van der Waals surface area contributed by atoms with Crippen molar-refractivity contribution in [3.05, 3.63) is 35.4 Å². The SMILES string of the molecule is Cc1cc2c(CNS(C)(=O)=O)nc(C)cn2c1. The van der Waals surface area contributed by atoms with E-state index in [0.29, 0.717) is 0 Å². The zero-order valence-corrected chi connectivity index (χ0v) is 10.9. The summed E-state index contributed by atoms with van der Waals surface area (Å²) in [5, 5.41) is 0. The molecule has 0 aromatic carbocycles. The minimum Gasteiger partial charge on any atom is -0.320 e. The Morgan fingerprint density at radius 2 is 2.06 bits per heavy atom. The summed E-state index contributed by atoms with van der Waals surface area (Å²) in [4.78, 5) is 4.37. The number of nitrogens with zero attached hydrogens (tertiary/aromatic N) is 2. The van der Waals surface area contributed by atoms with Crippen molar-refractivity contribution in [1.82, 2.24) is 14.1 Å². The highest BCUT2D eigenvalue weighted by Crippen LogP contribution is 2.14. The molecule has 0 atom stereocenters. The first-order valence-corrected chi connectivity index (χ1v) is 7.14. The Morgan fingerprint density at radius 1 is 1.35 bits per heavy atom. The van der Waals surface area contributed by atoms with Crippen LogP contribution >= 0.6 is 0 Å². The molecule has 1 N–H and O–H groups in total. The van der Waals surface area contributed by atoms with Crippen LogP contribution in [-0.4, -0.2) is 24.1 Å². The first-order chi connectivity index (χ1) is 7.85. The summed E-state index contributed by atoms with van der Waals surface area (Å²) in [5.74, 6) is 0. The van der Waals surface area contributed by atoms with Crippen molar-refractivity contribution in [3.63, 3.8) is 0 Å². The number of hydrogen-bond donors (Lipinski definition) is 1. The summed E-state index contributed by atoms with van der Waals surface area (Å²) in [6, 6.07) is 1.99. The van der Waals surface area contributed by atoms with Crippen LogP contribution in [0, 0.1) is 13.8 Å². The molecule has 0 radical (unpaired) electrons. The fraction of sp³-hybridized carbons (Fsp3) is 0.364. The molecule has 0 amide bonds. The lowest BCUT2D eigenvalue weighted by molar-refractivity contribution is 0.586. The number of hydrogen-bond acceptors (Lipinski definition) is 3. The molecule has 0 aliphatic heterocycles. The summed E-state index contributed by atoms with van der Waals surface area (Å²) in [6.07, 6.45) is 5.06. The summed E-state index contributed by atoms with van der Waals surface area (Å²) < 4.78 is 26.6. The van der Waals surface area contributed by atoms with Crippen LogP contribution in [0.2, 0.25) is 0 Å². The quantitative estimate of drug-likeness (QED) is 0.887. The van der Waals surface area contributed by atoms with E-state index in [-0.39, 0.29) is 6.54 Å². The fourth-order valence-corrected chi connectivity index (χ4v) is 2.18. The smallest absolute Gasteiger partial charge is 0.209 e. The van der Waals surface area contributed by atoms with Crippen molar-refractivity contribution in [1.29, 1.82) is 0 Å². The van der Waals surface area contributed by atoms with Gasteiger partial charge in [-0.2, -0.15) is 0 Å². The lowest BCUT2D eigenvalue weighted by atomic mass is 10.3. The van der Waals surface area contributed by atoms with E-state index < -0.39 is 10.0 Å². The van der Waals surface area contributed by atoms with E-state index in [1.54, 1.807) is 0 Å². The van der Waals surface area contributed by atoms with Crippen LogP contribution in [0.15, 0.2) is 18.5 Å². The maximum Gasteiger partial charge on any atom is 0.209 e. The van der Waals surface area contributed by atoms with Crippen molar-refractivity contribution in [3.8, 4) is 0 Å². The van der Waals surface area contributed by atoms with Crippen molar-refractivity contribution in [2.45, 2.75) is 20.4 Å². The van der Waals surface area contributed by atoms with Crippen LogP contribution < -0.4 is 4.72 Å². The molecule has 0 saturated carbocycles. The van der Waals surface area contributed by atoms with Gasteiger partial charge < -0.3 is 4.40 Å². The molecule has 2 heterocycles. The van der Waals surface area contributed by atoms with Gasteiger partial charge in [0.05, 0.1) is 29.7 Å². The van der Waals surface area contributed by atoms with Gasteiger partial charge in [0.15, 0.2) is 0 Å². The number of nitrogens with one attached hydrogen (secondary N) is 1. The molecule has 0 aliphatic rings. The Kier molecular flexibility index (Phi) is 2.92. The lowest BCUT2D eigenvalue weighted by Gasteiger charge is -2.06. The van der Waals surface area contributed by atoms with E-state index in [2.05, 4.69) is 9.71 Å². The minimum atomic E-state index is -3.20. The fourth-order valence-electron chi connectivity index (χ4n) is 1.79. The van der Waals surface area contributed by atoms with Crippen molar-refractivity contribution in [2.24, 2.45) is 0 Å². The van der Waals surface area contributed by atoms with Crippen LogP contribution in [0.5, 0.6) is 0 Å². The first-order valence-electron chi connectivity index (χ1n) is 5.24. The third-order valence-corrected chi connectivity index (χ3v) is 3.09. The maximum absolute atomic E-state index is 11.1. The van der Waals surface area contributed by atoms with Gasteiger partial charge in [-0.05, 0) is 25.5 Å². The molecule has 0 unspecified atom stereocenters. The van der Waals surface area contributed by atoms with Gasteiger partial charge in [0.1, 0.15) is 0 Å². The van der Waals surface area contributed by atoms with Crippen molar-refractivity contribution >= 4 is 15.5 Å². The third kappa shape index (κ3) is 2.83. The van der Waals surface area contributed by atoms with Crippen molar-refractivity contribution in [2.75, 3.05) is 6.26 Å². The summed E-state index contributed by atoms with van der Waals surface area (Å²) in [6.45, 7) is 4.10. The molecule has 0 saturated heterocycles. The number of rotatable bonds is 3. The molecule has 6 heteroatoms. The highest BCUT2D eigenvalue weighted by Gasteiger charge is 2.08. The summed E-state index contributed by atoms with van der Waals surface area (Å²) in [7, 11) is -3.20. The highest BCUT2D eigenvalue weighted by atomic mass is 32.2. The van der Waals surface area contributed by atoms with Gasteiger partial charge in [-0.25, -0.2) is 13.1 Å². The molecule has 0 fully saturated rings. The molecule has 2 aromatic rings. The normalized spacial score (nSPS) is 12.2. The first kappa shape index (κ1) is 12.1. The van der Waals surface area contributed by atoms with Crippen molar-refractivity contribution < 1.29 is 8.42 Å². The van der Waals surface area contributed by atoms with Gasteiger partial charge in [0.2, 0.25) is 10.0 Å². The average Bonchev–Trinajstić information content (AvgIpc) is 2.53. The standard InChI is InChI=1S/C11H15N3O2S/c1-8-4-11-10(5-12-17(3,15)16)13-9(2)7-14(11)6-8/h4,6-7,12H,5H2,1-3H3. The van der Waals surface area contributed by atoms with E-state index in [1.165, 1.54) is 0 Å². The Bertz CT molecular complexity index is 659. The molecule has 0 aliphatic carbocycles. The monoisotopic (exact) mass is 253 g/mol. The second-order valence-electron chi connectivity index (χ2n) is 4.23. The zero-order chi connectivity index (χ0) is 12.6. The van der Waals surface area contributed by atoms with E-state index in [9.17, 15) is 8.42 Å². The van der Waals surface area contributed by atoms with Gasteiger partial charge in [-0.1, -0.05) is 0 Å². The number of aryl methyl sites for hydroxylation is 2. The van der Waals surface area contributed by atoms with Gasteiger partial charge >= 0.3 is 0 Å². The van der Waals surface area contributed by atoms with Gasteiger partial charge in [-0.15, -0.1) is 0 Å². The summed E-state index contributed by atoms with van der Waals surface area (Å²) >= 11 is 0. The van der Waals surface area contributed by atoms with Gasteiger partial charge in [0, 0.05) is 12.4 Å². The number of sulfonamides is 1. The molecule has 0 bridgehead atoms. The lowest BCUT2D eigenvalue weighted by Crippen LogP contribution is -2.22. The molecular weight excluding hydrogens is 238 g/mol. The second-order valence-corrected chi connectivity index (χ2v) is 6.07. The van der Waals surface area contributed by atoms with Crippen LogP contribution in [0.25, 0.3) is 5.52 Å². The number of aromatic nitrogens is 2. The largest absolute Gasteiger partial charge is 0.320 e. The van der Waals surface area contributed by atoms with Gasteiger partial charge in [0.25, 0.3) is 0 Å². The van der Waals surface area contributed by atoms with E-state index >= 15 is 0 Å². The topological polar surface area (TPSA) is 63.5 Å². The molecule has 92 valence electrons. The zero-order valence-electron chi connectivity index (χ0n) is 10.1. The van der Waals surface area contributed by atoms with Gasteiger partial charge in [-0.3, -0.25) is 4.98 Å².